The summed E-state index contributed by atoms with van der Waals surface area (Å²) in [6, 6.07) is 0. The molecule has 0 spiro atoms. The standard InChI is InChI=1S/C14H11Cl5O6/c1-23-14(22)8-10(20)13(25-5-3-7(17)18)11(21)9(19)12(8)24-4-2-6(15)16/h2-3,20-21H,4-5H2,1H3. The molecule has 1 aromatic carbocycles. The molecule has 0 aliphatic rings. The largest absolute Gasteiger partial charge is 0.503 e. The zero-order chi connectivity index (χ0) is 19.1. The lowest BCUT2D eigenvalue weighted by atomic mass is 10.1. The highest BCUT2D eigenvalue weighted by molar-refractivity contribution is 6.56. The van der Waals surface area contributed by atoms with E-state index in [0.717, 1.165) is 7.11 Å². The Kier molecular flexibility index (Phi) is 8.82. The Morgan fingerprint density at radius 2 is 1.44 bits per heavy atom. The second kappa shape index (κ2) is 10.1. The first-order valence-electron chi connectivity index (χ1n) is 6.34. The van der Waals surface area contributed by atoms with Crippen molar-refractivity contribution in [2.24, 2.45) is 0 Å². The summed E-state index contributed by atoms with van der Waals surface area (Å²) in [4.78, 5) is 12.0. The molecule has 11 heteroatoms. The van der Waals surface area contributed by atoms with Gasteiger partial charge in [0.25, 0.3) is 0 Å². The van der Waals surface area contributed by atoms with Crippen LogP contribution in [0.2, 0.25) is 5.02 Å². The van der Waals surface area contributed by atoms with Gasteiger partial charge < -0.3 is 24.4 Å². The number of ether oxygens (including phenoxy) is 3. The number of hydrogen-bond acceptors (Lipinski definition) is 6. The molecule has 25 heavy (non-hydrogen) atoms. The molecular weight excluding hydrogens is 441 g/mol. The third-order valence-electron chi connectivity index (χ3n) is 2.62. The van der Waals surface area contributed by atoms with Crippen molar-refractivity contribution in [1.82, 2.24) is 0 Å². The van der Waals surface area contributed by atoms with Crippen LogP contribution in [0.4, 0.5) is 0 Å². The second-order valence-electron chi connectivity index (χ2n) is 4.15. The number of aromatic hydroxyl groups is 2. The Morgan fingerprint density at radius 1 is 0.960 bits per heavy atom. The molecule has 0 amide bonds. The van der Waals surface area contributed by atoms with Crippen LogP contribution in [-0.4, -0.2) is 36.5 Å². The highest BCUT2D eigenvalue weighted by Gasteiger charge is 2.30. The van der Waals surface area contributed by atoms with Crippen molar-refractivity contribution in [3.05, 3.63) is 31.7 Å². The predicted molar refractivity (Wildman–Crippen MR) is 96.7 cm³/mol. The number of benzene rings is 1. The van der Waals surface area contributed by atoms with Crippen LogP contribution in [0.15, 0.2) is 21.1 Å². The van der Waals surface area contributed by atoms with Gasteiger partial charge in [0.15, 0.2) is 17.2 Å². The summed E-state index contributed by atoms with van der Waals surface area (Å²) in [7, 11) is 1.08. The molecule has 0 unspecified atom stereocenters. The molecule has 0 heterocycles. The Morgan fingerprint density at radius 3 is 1.88 bits per heavy atom. The van der Waals surface area contributed by atoms with E-state index in [4.69, 9.17) is 67.5 Å². The average molecular weight is 453 g/mol. The van der Waals surface area contributed by atoms with Crippen LogP contribution in [-0.2, 0) is 4.74 Å². The quantitative estimate of drug-likeness (QED) is 0.571. The molecule has 0 fully saturated rings. The summed E-state index contributed by atoms with van der Waals surface area (Å²) < 4.78 is 14.8. The number of rotatable bonds is 7. The summed E-state index contributed by atoms with van der Waals surface area (Å²) in [6.07, 6.45) is 2.50. The molecule has 0 aromatic heterocycles. The number of esters is 1. The van der Waals surface area contributed by atoms with Crippen molar-refractivity contribution >= 4 is 64.0 Å². The first kappa shape index (κ1) is 21.9. The summed E-state index contributed by atoms with van der Waals surface area (Å²) in [6.45, 7) is -0.416. The van der Waals surface area contributed by atoms with E-state index in [1.165, 1.54) is 12.2 Å². The van der Waals surface area contributed by atoms with Crippen molar-refractivity contribution < 1.29 is 29.2 Å². The number of methoxy groups -OCH3 is 1. The number of halogens is 5. The molecule has 0 aliphatic heterocycles. The number of phenols is 2. The Balaban J connectivity index is 3.40. The molecule has 6 nitrogen and oxygen atoms in total. The van der Waals surface area contributed by atoms with E-state index in [9.17, 15) is 15.0 Å². The van der Waals surface area contributed by atoms with Gasteiger partial charge in [-0.3, -0.25) is 0 Å². The minimum atomic E-state index is -0.980. The van der Waals surface area contributed by atoms with E-state index in [0.29, 0.717) is 0 Å². The smallest absolute Gasteiger partial charge is 0.345 e. The van der Waals surface area contributed by atoms with E-state index in [1.54, 1.807) is 0 Å². The van der Waals surface area contributed by atoms with E-state index in [1.807, 2.05) is 0 Å². The van der Waals surface area contributed by atoms with E-state index in [2.05, 4.69) is 4.74 Å². The fraction of sp³-hybridized carbons (Fsp3) is 0.214. The maximum absolute atomic E-state index is 12.0. The van der Waals surface area contributed by atoms with Gasteiger partial charge in [-0.25, -0.2) is 4.79 Å². The molecule has 138 valence electrons. The molecule has 0 bridgehead atoms. The van der Waals surface area contributed by atoms with Gasteiger partial charge in [0.05, 0.1) is 7.11 Å². The van der Waals surface area contributed by atoms with Crippen molar-refractivity contribution in [2.45, 2.75) is 0 Å². The van der Waals surface area contributed by atoms with Crippen molar-refractivity contribution in [3.8, 4) is 23.0 Å². The van der Waals surface area contributed by atoms with Crippen LogP contribution >= 0.6 is 58.0 Å². The molecule has 0 aliphatic carbocycles. The lowest BCUT2D eigenvalue weighted by molar-refractivity contribution is 0.0592. The fourth-order valence-corrected chi connectivity index (χ4v) is 2.08. The number of phenolic OH excluding ortho intramolecular Hbond substituents is 2. The molecular formula is C14H11Cl5O6. The number of carbonyl (C=O) groups is 1. The molecule has 0 atom stereocenters. The van der Waals surface area contributed by atoms with Crippen molar-refractivity contribution in [2.75, 3.05) is 20.3 Å². The third-order valence-corrected chi connectivity index (χ3v) is 3.59. The lowest BCUT2D eigenvalue weighted by Gasteiger charge is -2.17. The van der Waals surface area contributed by atoms with Crippen molar-refractivity contribution in [1.29, 1.82) is 0 Å². The highest BCUT2D eigenvalue weighted by Crippen LogP contribution is 2.50. The summed E-state index contributed by atoms with van der Waals surface area (Å²) in [5, 5.41) is 20.0. The molecule has 1 rings (SSSR count). The third kappa shape index (κ3) is 5.94. The molecule has 1 aromatic rings. The van der Waals surface area contributed by atoms with Crippen LogP contribution in [0.5, 0.6) is 23.0 Å². The van der Waals surface area contributed by atoms with E-state index < -0.39 is 33.8 Å². The lowest BCUT2D eigenvalue weighted by Crippen LogP contribution is -2.09. The van der Waals surface area contributed by atoms with Crippen molar-refractivity contribution in [3.63, 3.8) is 0 Å². The monoisotopic (exact) mass is 450 g/mol. The van der Waals surface area contributed by atoms with Crippen LogP contribution in [0.1, 0.15) is 10.4 Å². The van der Waals surface area contributed by atoms with Gasteiger partial charge in [0.1, 0.15) is 32.8 Å². The summed E-state index contributed by atoms with van der Waals surface area (Å²) >= 11 is 27.8. The molecule has 2 N–H and O–H groups in total. The topological polar surface area (TPSA) is 85.2 Å². The number of hydrogen-bond donors (Lipinski definition) is 2. The van der Waals surface area contributed by atoms with Gasteiger partial charge in [-0.05, 0) is 12.2 Å². The summed E-state index contributed by atoms with van der Waals surface area (Å²) in [5.41, 5.74) is -0.458. The zero-order valence-corrected chi connectivity index (χ0v) is 16.3. The van der Waals surface area contributed by atoms with Gasteiger partial charge in [-0.15, -0.1) is 0 Å². The Bertz CT molecular complexity index is 708. The van der Waals surface area contributed by atoms with Gasteiger partial charge >= 0.3 is 5.97 Å². The van der Waals surface area contributed by atoms with Crippen LogP contribution < -0.4 is 9.47 Å². The minimum absolute atomic E-state index is 0.0890. The Labute approximate surface area is 168 Å². The fourth-order valence-electron chi connectivity index (χ4n) is 1.59. The van der Waals surface area contributed by atoms with Crippen LogP contribution in [0.3, 0.4) is 0 Å². The number of carbonyl (C=O) groups excluding carboxylic acids is 1. The molecule has 0 radical (unpaired) electrons. The first-order chi connectivity index (χ1) is 11.7. The van der Waals surface area contributed by atoms with Crippen LogP contribution in [0.25, 0.3) is 0 Å². The maximum atomic E-state index is 12.0. The predicted octanol–water partition coefficient (Wildman–Crippen LogP) is 4.93. The van der Waals surface area contributed by atoms with Gasteiger partial charge in [-0.1, -0.05) is 58.0 Å². The van der Waals surface area contributed by atoms with Gasteiger partial charge in [-0.2, -0.15) is 0 Å². The highest BCUT2D eigenvalue weighted by atomic mass is 35.5. The second-order valence-corrected chi connectivity index (χ2v) is 6.54. The molecule has 0 saturated carbocycles. The zero-order valence-electron chi connectivity index (χ0n) is 12.5. The summed E-state index contributed by atoms with van der Waals surface area (Å²) in [5.74, 6) is -3.21. The minimum Gasteiger partial charge on any atom is -0.503 e. The van der Waals surface area contributed by atoms with E-state index in [-0.39, 0.29) is 27.9 Å². The molecule has 0 saturated heterocycles. The normalized spacial score (nSPS) is 10.0. The van der Waals surface area contributed by atoms with Gasteiger partial charge in [0.2, 0.25) is 5.75 Å². The average Bonchev–Trinajstić information content (AvgIpc) is 2.54. The Hall–Kier alpha value is -1.18. The SMILES string of the molecule is COC(=O)c1c(O)c(OCC=C(Cl)Cl)c(O)c(Cl)c1OCC=C(Cl)Cl. The van der Waals surface area contributed by atoms with E-state index >= 15 is 0 Å². The maximum Gasteiger partial charge on any atom is 0.345 e. The first-order valence-corrected chi connectivity index (χ1v) is 8.23. The van der Waals surface area contributed by atoms with Crippen LogP contribution in [0, 0.1) is 0 Å². The van der Waals surface area contributed by atoms with Gasteiger partial charge in [0, 0.05) is 0 Å².